The average Bonchev–Trinajstić information content (AvgIpc) is 2.54. The van der Waals surface area contributed by atoms with E-state index in [1.165, 1.54) is 5.56 Å². The smallest absolute Gasteiger partial charge is 0.236 e. The molecular weight excluding hydrogens is 260 g/mol. The fraction of sp³-hybridized carbons (Fsp3) is 0.611. The molecule has 0 aromatic heterocycles. The van der Waals surface area contributed by atoms with Gasteiger partial charge in [-0.3, -0.25) is 9.69 Å². The first-order valence-corrected chi connectivity index (χ1v) is 8.27. The molecule has 0 spiro atoms. The number of piperidine rings is 1. The summed E-state index contributed by atoms with van der Waals surface area (Å²) in [6, 6.07) is 10.7. The summed E-state index contributed by atoms with van der Waals surface area (Å²) in [4.78, 5) is 16.5. The number of rotatable bonds is 6. The van der Waals surface area contributed by atoms with Crippen LogP contribution >= 0.6 is 0 Å². The Labute approximate surface area is 128 Å². The van der Waals surface area contributed by atoms with E-state index in [1.54, 1.807) is 0 Å². The van der Waals surface area contributed by atoms with Crippen LogP contribution in [-0.2, 0) is 11.2 Å². The minimum absolute atomic E-state index is 0.303. The molecule has 0 saturated carbocycles. The number of likely N-dealkylation sites (N-methyl/N-ethyl adjacent to an activating group) is 1. The van der Waals surface area contributed by atoms with Gasteiger partial charge in [0, 0.05) is 13.1 Å². The first-order chi connectivity index (χ1) is 10.2. The molecule has 1 aliphatic rings. The Hall–Kier alpha value is -1.35. The van der Waals surface area contributed by atoms with Crippen LogP contribution in [0, 0.1) is 5.92 Å². The molecule has 0 radical (unpaired) electrons. The number of benzene rings is 1. The van der Waals surface area contributed by atoms with Gasteiger partial charge >= 0.3 is 0 Å². The van der Waals surface area contributed by atoms with Crippen LogP contribution in [-0.4, -0.2) is 48.4 Å². The zero-order valence-electron chi connectivity index (χ0n) is 13.4. The van der Waals surface area contributed by atoms with E-state index < -0.39 is 0 Å². The van der Waals surface area contributed by atoms with Crippen LogP contribution in [0.2, 0.25) is 0 Å². The van der Waals surface area contributed by atoms with Gasteiger partial charge in [0.25, 0.3) is 0 Å². The second-order valence-electron chi connectivity index (χ2n) is 5.98. The Balaban J connectivity index is 1.76. The van der Waals surface area contributed by atoms with Gasteiger partial charge in [-0.2, -0.15) is 0 Å². The van der Waals surface area contributed by atoms with Crippen LogP contribution < -0.4 is 0 Å². The molecule has 1 aromatic rings. The van der Waals surface area contributed by atoms with Crippen LogP contribution in [0.3, 0.4) is 0 Å². The van der Waals surface area contributed by atoms with Crippen LogP contribution in [0.25, 0.3) is 0 Å². The van der Waals surface area contributed by atoms with Gasteiger partial charge in [0.15, 0.2) is 0 Å². The first-order valence-electron chi connectivity index (χ1n) is 8.27. The van der Waals surface area contributed by atoms with E-state index in [2.05, 4.69) is 54.0 Å². The second-order valence-corrected chi connectivity index (χ2v) is 5.98. The topological polar surface area (TPSA) is 23.6 Å². The van der Waals surface area contributed by atoms with Gasteiger partial charge in [-0.15, -0.1) is 0 Å². The number of carbonyl (C=O) groups excluding carboxylic acids is 1. The number of hydrogen-bond donors (Lipinski definition) is 0. The van der Waals surface area contributed by atoms with Crippen LogP contribution in [0.5, 0.6) is 0 Å². The number of likely N-dealkylation sites (tertiary alicyclic amines) is 1. The Morgan fingerprint density at radius 3 is 2.33 bits per heavy atom. The van der Waals surface area contributed by atoms with E-state index in [1.807, 2.05) is 0 Å². The summed E-state index contributed by atoms with van der Waals surface area (Å²) < 4.78 is 0. The van der Waals surface area contributed by atoms with Gasteiger partial charge in [-0.25, -0.2) is 0 Å². The van der Waals surface area contributed by atoms with E-state index in [4.69, 9.17) is 0 Å². The molecule has 1 saturated heterocycles. The highest BCUT2D eigenvalue weighted by Gasteiger charge is 2.23. The van der Waals surface area contributed by atoms with E-state index in [-0.39, 0.29) is 0 Å². The molecule has 21 heavy (non-hydrogen) atoms. The minimum atomic E-state index is 0.303. The van der Waals surface area contributed by atoms with Gasteiger partial charge in [0.1, 0.15) is 0 Å². The zero-order valence-corrected chi connectivity index (χ0v) is 13.4. The average molecular weight is 288 g/mol. The fourth-order valence-electron chi connectivity index (χ4n) is 3.07. The third-order valence-corrected chi connectivity index (χ3v) is 4.59. The fourth-order valence-corrected chi connectivity index (χ4v) is 3.07. The summed E-state index contributed by atoms with van der Waals surface area (Å²) in [6.07, 6.45) is 3.43. The quantitative estimate of drug-likeness (QED) is 0.803. The zero-order chi connectivity index (χ0) is 15.1. The molecule has 0 unspecified atom stereocenters. The van der Waals surface area contributed by atoms with Gasteiger partial charge in [0.2, 0.25) is 5.91 Å². The Bertz CT molecular complexity index is 420. The highest BCUT2D eigenvalue weighted by molar-refractivity contribution is 5.78. The highest BCUT2D eigenvalue weighted by atomic mass is 16.2. The first kappa shape index (κ1) is 16.0. The van der Waals surface area contributed by atoms with Crippen molar-refractivity contribution in [2.24, 2.45) is 5.92 Å². The van der Waals surface area contributed by atoms with Crippen molar-refractivity contribution in [1.29, 1.82) is 0 Å². The van der Waals surface area contributed by atoms with Crippen LogP contribution in [0.1, 0.15) is 32.3 Å². The van der Waals surface area contributed by atoms with Crippen molar-refractivity contribution in [3.8, 4) is 0 Å². The van der Waals surface area contributed by atoms with E-state index in [0.717, 1.165) is 51.4 Å². The van der Waals surface area contributed by atoms with Gasteiger partial charge < -0.3 is 4.90 Å². The van der Waals surface area contributed by atoms with Crippen molar-refractivity contribution in [1.82, 2.24) is 9.80 Å². The molecule has 3 heteroatoms. The summed E-state index contributed by atoms with van der Waals surface area (Å²) in [5.74, 6) is 1.03. The molecule has 0 aliphatic carbocycles. The van der Waals surface area contributed by atoms with Gasteiger partial charge in [-0.05, 0) is 43.8 Å². The van der Waals surface area contributed by atoms with Crippen molar-refractivity contribution >= 4 is 5.91 Å². The Morgan fingerprint density at radius 2 is 1.76 bits per heavy atom. The van der Waals surface area contributed by atoms with Crippen molar-refractivity contribution in [2.45, 2.75) is 33.1 Å². The summed E-state index contributed by atoms with van der Waals surface area (Å²) in [6.45, 7) is 8.57. The molecule has 1 fully saturated rings. The molecule has 0 bridgehead atoms. The van der Waals surface area contributed by atoms with Crippen molar-refractivity contribution in [3.63, 3.8) is 0 Å². The predicted octanol–water partition coefficient (Wildman–Crippen LogP) is 2.81. The third-order valence-electron chi connectivity index (χ3n) is 4.59. The monoisotopic (exact) mass is 288 g/mol. The maximum atomic E-state index is 12.3. The number of amides is 1. The maximum absolute atomic E-state index is 12.3. The van der Waals surface area contributed by atoms with E-state index in [0.29, 0.717) is 12.5 Å². The molecule has 2 rings (SSSR count). The lowest BCUT2D eigenvalue weighted by molar-refractivity contribution is -0.133. The lowest BCUT2D eigenvalue weighted by Crippen LogP contribution is -2.44. The Morgan fingerprint density at radius 1 is 1.14 bits per heavy atom. The van der Waals surface area contributed by atoms with E-state index in [9.17, 15) is 4.79 Å². The molecule has 3 nitrogen and oxygen atoms in total. The molecule has 1 amide bonds. The summed E-state index contributed by atoms with van der Waals surface area (Å²) in [5, 5.41) is 0. The van der Waals surface area contributed by atoms with Crippen molar-refractivity contribution in [3.05, 3.63) is 35.9 Å². The third kappa shape index (κ3) is 4.85. The molecular formula is C18H28N2O. The van der Waals surface area contributed by atoms with Gasteiger partial charge in [0.05, 0.1) is 6.54 Å². The molecule has 0 N–H and O–H groups in total. The number of nitrogens with zero attached hydrogens (tertiary/aromatic N) is 2. The van der Waals surface area contributed by atoms with Crippen LogP contribution in [0.15, 0.2) is 30.3 Å². The summed E-state index contributed by atoms with van der Waals surface area (Å²) >= 11 is 0. The molecule has 1 heterocycles. The van der Waals surface area contributed by atoms with Gasteiger partial charge in [-0.1, -0.05) is 44.2 Å². The number of carbonyl (C=O) groups is 1. The predicted molar refractivity (Wildman–Crippen MR) is 87.2 cm³/mol. The largest absolute Gasteiger partial charge is 0.342 e. The standard InChI is InChI=1S/C18H28N2O/c1-3-19(4-2)15-18(21)20-12-10-17(11-13-20)14-16-8-6-5-7-9-16/h5-9,17H,3-4,10-15H2,1-2H3. The van der Waals surface area contributed by atoms with Crippen molar-refractivity contribution < 1.29 is 4.79 Å². The maximum Gasteiger partial charge on any atom is 0.236 e. The lowest BCUT2D eigenvalue weighted by atomic mass is 9.90. The molecule has 1 aromatic carbocycles. The summed E-state index contributed by atoms with van der Waals surface area (Å²) in [7, 11) is 0. The summed E-state index contributed by atoms with van der Waals surface area (Å²) in [5.41, 5.74) is 1.42. The second kappa shape index (κ2) is 8.18. The molecule has 0 atom stereocenters. The highest BCUT2D eigenvalue weighted by Crippen LogP contribution is 2.21. The van der Waals surface area contributed by atoms with Crippen LogP contribution in [0.4, 0.5) is 0 Å². The van der Waals surface area contributed by atoms with E-state index >= 15 is 0 Å². The normalized spacial score (nSPS) is 16.4. The Kier molecular flexibility index (Phi) is 6.24. The molecule has 116 valence electrons. The molecule has 1 aliphatic heterocycles. The number of hydrogen-bond acceptors (Lipinski definition) is 2. The lowest BCUT2D eigenvalue weighted by Gasteiger charge is -2.33. The minimum Gasteiger partial charge on any atom is -0.342 e. The SMILES string of the molecule is CCN(CC)CC(=O)N1CCC(Cc2ccccc2)CC1. The van der Waals surface area contributed by atoms with Crippen molar-refractivity contribution in [2.75, 3.05) is 32.7 Å².